The number of nitrogens with zero attached hydrogens (tertiary/aromatic N) is 10. The van der Waals surface area contributed by atoms with Crippen LogP contribution in [-0.2, 0) is 48.6 Å². The van der Waals surface area contributed by atoms with E-state index in [-0.39, 0.29) is 71.9 Å². The number of carbonyl (C=O) groups excluding carboxylic acids is 2. The lowest BCUT2D eigenvalue weighted by Crippen LogP contribution is -2.48. The topological polar surface area (TPSA) is 226 Å². The number of carbonyl (C=O) groups is 2. The fraction of sp³-hybridized carbons (Fsp3) is 0.370. The monoisotopic (exact) mass is 972 g/mol. The van der Waals surface area contributed by atoms with Crippen molar-refractivity contribution in [3.8, 4) is 0 Å². The number of aliphatic hydroxyl groups excluding tert-OH is 2. The van der Waals surface area contributed by atoms with E-state index in [4.69, 9.17) is 0 Å². The Kier molecular flexibility index (Phi) is 15.7. The van der Waals surface area contributed by atoms with E-state index in [0.29, 0.717) is 63.2 Å². The average Bonchev–Trinajstić information content (AvgIpc) is 4.15. The molecule has 10 rings (SSSR count). The van der Waals surface area contributed by atoms with Crippen LogP contribution in [0.25, 0.3) is 12.2 Å². The summed E-state index contributed by atoms with van der Waals surface area (Å²) in [6.45, 7) is 6.26. The van der Waals surface area contributed by atoms with Gasteiger partial charge in [-0.3, -0.25) is 38.9 Å². The Morgan fingerprint density at radius 1 is 0.569 bits per heavy atom. The Morgan fingerprint density at radius 3 is 1.32 bits per heavy atom. The molecule has 18 nitrogen and oxygen atoms in total. The molecule has 2 amide bonds. The van der Waals surface area contributed by atoms with Gasteiger partial charge in [0.05, 0.1) is 24.2 Å². The fourth-order valence-electron chi connectivity index (χ4n) is 11.4. The van der Waals surface area contributed by atoms with Gasteiger partial charge >= 0.3 is 0 Å². The van der Waals surface area contributed by atoms with Gasteiger partial charge < -0.3 is 30.0 Å². The van der Waals surface area contributed by atoms with Crippen molar-refractivity contribution in [2.45, 2.75) is 77.0 Å². The zero-order valence-corrected chi connectivity index (χ0v) is 40.4. The van der Waals surface area contributed by atoms with Gasteiger partial charge in [0.2, 0.25) is 11.8 Å². The highest BCUT2D eigenvalue weighted by Gasteiger charge is 2.57. The molecule has 372 valence electrons. The van der Waals surface area contributed by atoms with Gasteiger partial charge in [0, 0.05) is 159 Å². The molecule has 0 bridgehead atoms. The van der Waals surface area contributed by atoms with E-state index in [0.717, 1.165) is 33.6 Å². The van der Waals surface area contributed by atoms with Crippen molar-refractivity contribution in [2.24, 2.45) is 23.7 Å². The molecule has 10 heterocycles. The highest BCUT2D eigenvalue weighted by Crippen LogP contribution is 2.51. The molecule has 4 N–H and O–H groups in total. The van der Waals surface area contributed by atoms with Crippen LogP contribution in [0.4, 0.5) is 0 Å². The van der Waals surface area contributed by atoms with Crippen LogP contribution in [-0.4, -0.2) is 109 Å². The van der Waals surface area contributed by atoms with Crippen LogP contribution < -0.4 is 21.8 Å². The highest BCUT2D eigenvalue weighted by molar-refractivity contribution is 5.83. The van der Waals surface area contributed by atoms with Crippen LogP contribution in [0.15, 0.2) is 133 Å². The summed E-state index contributed by atoms with van der Waals surface area (Å²) >= 11 is 0. The molecular weight excluding hydrogens is 913 g/mol. The Labute approximate surface area is 417 Å². The predicted molar refractivity (Wildman–Crippen MR) is 269 cm³/mol. The number of allylic oxidation sites excluding steroid dienone is 2. The summed E-state index contributed by atoms with van der Waals surface area (Å²) in [5.74, 6) is -0.995. The van der Waals surface area contributed by atoms with Gasteiger partial charge in [-0.15, -0.1) is 0 Å². The van der Waals surface area contributed by atoms with Crippen molar-refractivity contribution in [2.75, 3.05) is 26.3 Å². The molecule has 2 saturated heterocycles. The zero-order valence-electron chi connectivity index (χ0n) is 40.4. The maximum absolute atomic E-state index is 13.6. The predicted octanol–water partition coefficient (Wildman–Crippen LogP) is 3.18. The molecule has 0 radical (unpaired) electrons. The van der Waals surface area contributed by atoms with Crippen molar-refractivity contribution in [3.63, 3.8) is 0 Å². The van der Waals surface area contributed by atoms with Crippen LogP contribution in [0.5, 0.6) is 0 Å². The largest absolute Gasteiger partial charge is 0.396 e. The zero-order chi connectivity index (χ0) is 50.1. The van der Waals surface area contributed by atoms with Crippen molar-refractivity contribution < 1.29 is 19.8 Å². The number of rotatable bonds is 16. The Morgan fingerprint density at radius 2 is 0.958 bits per heavy atom. The van der Waals surface area contributed by atoms with E-state index in [9.17, 15) is 29.4 Å². The maximum Gasteiger partial charge on any atom is 0.258 e. The molecule has 72 heavy (non-hydrogen) atoms. The second-order valence-electron chi connectivity index (χ2n) is 18.7. The molecule has 6 aromatic rings. The number of fused-ring (bicyclic) bond motifs is 6. The number of likely N-dealkylation sites (tertiary alicyclic amines) is 2. The number of aromatic nitrogens is 8. The smallest absolute Gasteiger partial charge is 0.258 e. The van der Waals surface area contributed by atoms with Crippen LogP contribution in [0, 0.1) is 23.7 Å². The van der Waals surface area contributed by atoms with Crippen LogP contribution in [0.1, 0.15) is 70.7 Å². The fourth-order valence-corrected chi connectivity index (χ4v) is 11.4. The molecule has 0 unspecified atom stereocenters. The van der Waals surface area contributed by atoms with Gasteiger partial charge in [-0.1, -0.05) is 24.3 Å². The molecule has 0 aromatic carbocycles. The third-order valence-corrected chi connectivity index (χ3v) is 14.6. The molecule has 8 atom stereocenters. The second kappa shape index (κ2) is 22.8. The molecule has 18 heteroatoms. The normalized spacial score (nSPS) is 23.1. The standard InChI is InChI=1S/2C27H30N6O3/c2*1-2-3-20-4-5-23-24-21(15-32(23)27(20)36)22(16-34)25(33(24)14-19-12-29-17-30-13-19)26(35)31-11-8-18-6-9-28-10-7-18/h2*2-7,9-10,12-13,17,21-22,24-25,34H,8,11,14-16H2,1H3,(H,31,35)/b3-2+;3-2-/t2*21-,22-,24+,25-/m00/s1. The van der Waals surface area contributed by atoms with Gasteiger partial charge in [-0.05, 0) is 86.3 Å². The molecule has 0 aliphatic carbocycles. The first-order chi connectivity index (χ1) is 35.2. The number of amides is 2. The lowest BCUT2D eigenvalue weighted by atomic mass is 9.88. The summed E-state index contributed by atoms with van der Waals surface area (Å²) in [4.78, 5) is 82.3. The third kappa shape index (κ3) is 10.2. The Bertz CT molecular complexity index is 2790. The number of aliphatic hydroxyl groups is 2. The lowest BCUT2D eigenvalue weighted by molar-refractivity contribution is -0.128. The molecular formula is C54H60N12O6. The molecule has 4 aliphatic rings. The minimum absolute atomic E-state index is 0.0435. The van der Waals surface area contributed by atoms with E-state index >= 15 is 0 Å². The second-order valence-corrected chi connectivity index (χ2v) is 18.7. The van der Waals surface area contributed by atoms with Gasteiger partial charge in [-0.2, -0.15) is 0 Å². The summed E-state index contributed by atoms with van der Waals surface area (Å²) in [5, 5.41) is 27.1. The lowest BCUT2D eigenvalue weighted by Gasteiger charge is -2.30. The van der Waals surface area contributed by atoms with E-state index in [2.05, 4.69) is 50.3 Å². The molecule has 0 spiro atoms. The quantitative estimate of drug-likeness (QED) is 0.109. The summed E-state index contributed by atoms with van der Waals surface area (Å²) < 4.78 is 3.61. The van der Waals surface area contributed by atoms with E-state index in [1.54, 1.807) is 58.7 Å². The van der Waals surface area contributed by atoms with E-state index in [1.165, 1.54) is 12.7 Å². The molecule has 6 aromatic heterocycles. The first kappa shape index (κ1) is 49.6. The Hall–Kier alpha value is -7.38. The molecule has 2 fully saturated rings. The number of pyridine rings is 4. The SMILES string of the molecule is C/C=C/c1ccc2n(c1=O)C[C@H]1[C@H](CO)[C@@H](C(=O)NCCc3ccncc3)N(Cc3cncnc3)[C@@H]21.C/C=C\c1ccc2n(c1=O)C[C@H]1[C@H](CO)[C@@H](C(=O)NCCc3ccncc3)N(Cc3cncnc3)[C@@H]21. The Balaban J connectivity index is 0.000000178. The summed E-state index contributed by atoms with van der Waals surface area (Å²) in [5.41, 5.74) is 6.86. The summed E-state index contributed by atoms with van der Waals surface area (Å²) in [6, 6.07) is 13.9. The number of hydrogen-bond acceptors (Lipinski definition) is 14. The summed E-state index contributed by atoms with van der Waals surface area (Å²) in [6.07, 6.45) is 25.6. The summed E-state index contributed by atoms with van der Waals surface area (Å²) in [7, 11) is 0. The van der Waals surface area contributed by atoms with Crippen LogP contribution in [0.3, 0.4) is 0 Å². The average molecular weight is 973 g/mol. The number of nitrogens with one attached hydrogen (secondary N) is 2. The van der Waals surface area contributed by atoms with Gasteiger partial charge in [0.15, 0.2) is 0 Å². The van der Waals surface area contributed by atoms with Gasteiger partial charge in [0.1, 0.15) is 12.7 Å². The van der Waals surface area contributed by atoms with Crippen molar-refractivity contribution in [3.05, 3.63) is 188 Å². The minimum Gasteiger partial charge on any atom is -0.396 e. The van der Waals surface area contributed by atoms with E-state index < -0.39 is 12.1 Å². The van der Waals surface area contributed by atoms with Crippen LogP contribution in [0.2, 0.25) is 0 Å². The van der Waals surface area contributed by atoms with Crippen LogP contribution >= 0.6 is 0 Å². The van der Waals surface area contributed by atoms with Crippen molar-refractivity contribution >= 4 is 24.0 Å². The van der Waals surface area contributed by atoms with Gasteiger partial charge in [-0.25, -0.2) is 19.9 Å². The van der Waals surface area contributed by atoms with Crippen molar-refractivity contribution in [1.82, 2.24) is 59.5 Å². The maximum atomic E-state index is 13.6. The van der Waals surface area contributed by atoms with Crippen molar-refractivity contribution in [1.29, 1.82) is 0 Å². The first-order valence-corrected chi connectivity index (χ1v) is 24.5. The minimum atomic E-state index is -0.540. The van der Waals surface area contributed by atoms with E-state index in [1.807, 2.05) is 86.7 Å². The first-order valence-electron chi connectivity index (χ1n) is 24.5. The highest BCUT2D eigenvalue weighted by atomic mass is 16.3. The third-order valence-electron chi connectivity index (χ3n) is 14.6. The molecule has 0 saturated carbocycles. The molecule has 4 aliphatic heterocycles. The number of hydrogen-bond donors (Lipinski definition) is 4. The van der Waals surface area contributed by atoms with Gasteiger partial charge in [0.25, 0.3) is 11.1 Å².